The first-order valence-corrected chi connectivity index (χ1v) is 9.23. The van der Waals surface area contributed by atoms with Gasteiger partial charge in [-0.05, 0) is 57.4 Å². The van der Waals surface area contributed by atoms with Gasteiger partial charge in [-0.15, -0.1) is 13.2 Å². The number of rotatable bonds is 6. The molecule has 0 aliphatic carbocycles. The van der Waals surface area contributed by atoms with Crippen molar-refractivity contribution in [3.63, 3.8) is 0 Å². The molecule has 7 nitrogen and oxygen atoms in total. The molecule has 0 spiro atoms. The molecule has 30 heavy (non-hydrogen) atoms. The monoisotopic (exact) mass is 425 g/mol. The molecule has 0 atom stereocenters. The number of alkyl carbamates (subject to hydrolysis) is 1. The maximum atomic E-state index is 12.9. The van der Waals surface area contributed by atoms with E-state index in [0.29, 0.717) is 34.3 Å². The van der Waals surface area contributed by atoms with Gasteiger partial charge in [-0.25, -0.2) is 9.78 Å². The number of hydrogen-bond donors (Lipinski definition) is 2. The first-order chi connectivity index (χ1) is 14.0. The van der Waals surface area contributed by atoms with E-state index in [1.54, 1.807) is 32.9 Å². The lowest BCUT2D eigenvalue weighted by atomic mass is 10.1. The van der Waals surface area contributed by atoms with Crippen LogP contribution in [0.1, 0.15) is 37.7 Å². The fourth-order valence-electron chi connectivity index (χ4n) is 2.88. The molecule has 0 saturated carbocycles. The molecule has 1 amide bonds. The molecule has 3 aromatic rings. The highest BCUT2D eigenvalue weighted by Crippen LogP contribution is 2.32. The van der Waals surface area contributed by atoms with Gasteiger partial charge in [0.2, 0.25) is 0 Å². The first-order valence-electron chi connectivity index (χ1n) is 9.23. The van der Waals surface area contributed by atoms with Gasteiger partial charge < -0.3 is 24.2 Å². The Morgan fingerprint density at radius 2 is 1.97 bits per heavy atom. The lowest BCUT2D eigenvalue weighted by molar-refractivity contribution is -0.274. The van der Waals surface area contributed by atoms with Crippen LogP contribution in [0.2, 0.25) is 0 Å². The van der Waals surface area contributed by atoms with E-state index in [1.807, 2.05) is 0 Å². The standard InChI is InChI=1S/C20H22F3N3O4/c1-19(2,3)30-18(27)24-9-15-6-13-8-17(29-20(21,22)23)12(7-16(13)26-15)4-5-14-10-28-11-25-14/h6-8,10-11,26H,4-5,9H2,1-3H3,(H,24,27). The molecule has 1 aromatic carbocycles. The second-order valence-corrected chi connectivity index (χ2v) is 7.72. The molecule has 0 fully saturated rings. The molecule has 0 radical (unpaired) electrons. The second-order valence-electron chi connectivity index (χ2n) is 7.72. The quantitative estimate of drug-likeness (QED) is 0.589. The van der Waals surface area contributed by atoms with E-state index < -0.39 is 18.1 Å². The number of amides is 1. The zero-order chi connectivity index (χ0) is 21.9. The predicted octanol–water partition coefficient (Wildman–Crippen LogP) is 4.86. The lowest BCUT2D eigenvalue weighted by Gasteiger charge is -2.19. The van der Waals surface area contributed by atoms with Gasteiger partial charge in [0.05, 0.1) is 12.2 Å². The number of fused-ring (bicyclic) bond motifs is 1. The highest BCUT2D eigenvalue weighted by atomic mass is 19.4. The largest absolute Gasteiger partial charge is 0.573 e. The Bertz CT molecular complexity index is 1000. The highest BCUT2D eigenvalue weighted by molar-refractivity contribution is 5.83. The summed E-state index contributed by atoms with van der Waals surface area (Å²) in [4.78, 5) is 18.9. The summed E-state index contributed by atoms with van der Waals surface area (Å²) in [7, 11) is 0. The summed E-state index contributed by atoms with van der Waals surface area (Å²) < 4.78 is 52.9. The van der Waals surface area contributed by atoms with E-state index in [4.69, 9.17) is 9.15 Å². The zero-order valence-electron chi connectivity index (χ0n) is 16.7. The normalized spacial score (nSPS) is 12.2. The van der Waals surface area contributed by atoms with Gasteiger partial charge in [0.1, 0.15) is 17.6 Å². The van der Waals surface area contributed by atoms with E-state index in [2.05, 4.69) is 20.0 Å². The number of nitrogens with one attached hydrogen (secondary N) is 2. The molecule has 0 unspecified atom stereocenters. The van der Waals surface area contributed by atoms with Crippen LogP contribution in [0.3, 0.4) is 0 Å². The van der Waals surface area contributed by atoms with Crippen molar-refractivity contribution in [2.24, 2.45) is 0 Å². The number of oxazole rings is 1. The van der Waals surface area contributed by atoms with Crippen LogP contribution in [-0.2, 0) is 24.1 Å². The Morgan fingerprint density at radius 3 is 2.60 bits per heavy atom. The molecular weight excluding hydrogens is 403 g/mol. The average Bonchev–Trinajstić information content (AvgIpc) is 3.24. The number of carbonyl (C=O) groups is 1. The molecule has 2 aromatic heterocycles. The second kappa shape index (κ2) is 8.29. The summed E-state index contributed by atoms with van der Waals surface area (Å²) >= 11 is 0. The molecule has 3 rings (SSSR count). The Labute approximate surface area is 170 Å². The number of aromatic nitrogens is 2. The Balaban J connectivity index is 1.80. The predicted molar refractivity (Wildman–Crippen MR) is 102 cm³/mol. The summed E-state index contributed by atoms with van der Waals surface area (Å²) in [5.41, 5.74) is 1.61. The van der Waals surface area contributed by atoms with E-state index in [-0.39, 0.29) is 18.7 Å². The number of halogens is 3. The summed E-state index contributed by atoms with van der Waals surface area (Å²) in [5.74, 6) is -0.274. The summed E-state index contributed by atoms with van der Waals surface area (Å²) in [6, 6.07) is 4.58. The topological polar surface area (TPSA) is 89.4 Å². The van der Waals surface area contributed by atoms with Crippen molar-refractivity contribution in [2.75, 3.05) is 0 Å². The Kier molecular flexibility index (Phi) is 5.95. The molecule has 162 valence electrons. The lowest BCUT2D eigenvalue weighted by Crippen LogP contribution is -2.32. The number of aromatic amines is 1. The van der Waals surface area contributed by atoms with Crippen LogP contribution in [0.25, 0.3) is 10.9 Å². The molecule has 2 heterocycles. The van der Waals surface area contributed by atoms with Crippen LogP contribution in [0, 0.1) is 0 Å². The fraction of sp³-hybridized carbons (Fsp3) is 0.400. The minimum atomic E-state index is -4.81. The molecule has 0 aliphatic rings. The van der Waals surface area contributed by atoms with E-state index in [0.717, 1.165) is 0 Å². The van der Waals surface area contributed by atoms with Crippen molar-refractivity contribution >= 4 is 17.0 Å². The smallest absolute Gasteiger partial charge is 0.451 e. The zero-order valence-corrected chi connectivity index (χ0v) is 16.7. The number of benzene rings is 1. The number of ether oxygens (including phenoxy) is 2. The van der Waals surface area contributed by atoms with Crippen LogP contribution in [0.5, 0.6) is 5.75 Å². The Morgan fingerprint density at radius 1 is 1.20 bits per heavy atom. The van der Waals surface area contributed by atoms with Gasteiger partial charge in [0.15, 0.2) is 6.39 Å². The van der Waals surface area contributed by atoms with Crippen molar-refractivity contribution in [2.45, 2.75) is 52.1 Å². The number of nitrogens with zero attached hydrogens (tertiary/aromatic N) is 1. The Hall–Kier alpha value is -3.17. The van der Waals surface area contributed by atoms with Gasteiger partial charge in [0, 0.05) is 16.6 Å². The minimum absolute atomic E-state index is 0.132. The van der Waals surface area contributed by atoms with Crippen LogP contribution >= 0.6 is 0 Å². The van der Waals surface area contributed by atoms with Crippen molar-refractivity contribution in [3.05, 3.63) is 47.8 Å². The minimum Gasteiger partial charge on any atom is -0.451 e. The van der Waals surface area contributed by atoms with Gasteiger partial charge >= 0.3 is 12.5 Å². The number of H-pyrrole nitrogens is 1. The van der Waals surface area contributed by atoms with Crippen LogP contribution in [0.15, 0.2) is 35.3 Å². The highest BCUT2D eigenvalue weighted by Gasteiger charge is 2.32. The van der Waals surface area contributed by atoms with Crippen molar-refractivity contribution in [1.29, 1.82) is 0 Å². The molecule has 0 saturated heterocycles. The number of alkyl halides is 3. The van der Waals surface area contributed by atoms with Crippen LogP contribution in [-0.4, -0.2) is 28.0 Å². The SMILES string of the molecule is CC(C)(C)OC(=O)NCc1cc2cc(OC(F)(F)F)c(CCc3cocn3)cc2[nH]1. The molecule has 0 aliphatic heterocycles. The van der Waals surface area contributed by atoms with Gasteiger partial charge in [-0.2, -0.15) is 0 Å². The number of carbonyl (C=O) groups excluding carboxylic acids is 1. The fourth-order valence-corrected chi connectivity index (χ4v) is 2.88. The average molecular weight is 425 g/mol. The summed E-state index contributed by atoms with van der Waals surface area (Å²) in [6.45, 7) is 5.38. The maximum Gasteiger partial charge on any atom is 0.573 e. The molecule has 2 N–H and O–H groups in total. The van der Waals surface area contributed by atoms with E-state index in [9.17, 15) is 18.0 Å². The third kappa shape index (κ3) is 6.16. The van der Waals surface area contributed by atoms with Crippen LogP contribution in [0.4, 0.5) is 18.0 Å². The van der Waals surface area contributed by atoms with Crippen molar-refractivity contribution < 1.29 is 31.9 Å². The van der Waals surface area contributed by atoms with Crippen molar-refractivity contribution in [3.8, 4) is 5.75 Å². The molecule has 0 bridgehead atoms. The van der Waals surface area contributed by atoms with Crippen molar-refractivity contribution in [1.82, 2.24) is 15.3 Å². The third-order valence-corrected chi connectivity index (χ3v) is 4.04. The molecular formula is C20H22F3N3O4. The van der Waals surface area contributed by atoms with E-state index in [1.165, 1.54) is 18.7 Å². The first kappa shape index (κ1) is 21.5. The van der Waals surface area contributed by atoms with E-state index >= 15 is 0 Å². The van der Waals surface area contributed by atoms with Gasteiger partial charge in [-0.1, -0.05) is 0 Å². The molecule has 10 heteroatoms. The number of hydrogen-bond acceptors (Lipinski definition) is 5. The number of aryl methyl sites for hydroxylation is 2. The summed E-state index contributed by atoms with van der Waals surface area (Å²) in [6.07, 6.45) is -2.02. The van der Waals surface area contributed by atoms with Gasteiger partial charge in [0.25, 0.3) is 0 Å². The maximum absolute atomic E-state index is 12.9. The van der Waals surface area contributed by atoms with Gasteiger partial charge in [-0.3, -0.25) is 0 Å². The third-order valence-electron chi connectivity index (χ3n) is 4.04. The summed E-state index contributed by atoms with van der Waals surface area (Å²) in [5, 5.41) is 3.13. The van der Waals surface area contributed by atoms with Crippen LogP contribution < -0.4 is 10.1 Å².